The summed E-state index contributed by atoms with van der Waals surface area (Å²) >= 11 is 0. The van der Waals surface area contributed by atoms with Crippen LogP contribution in [0.2, 0.25) is 0 Å². The molecule has 2 aliphatic heterocycles. The zero-order valence-electron chi connectivity index (χ0n) is 20.7. The Kier molecular flexibility index (Phi) is 9.96. The summed E-state index contributed by atoms with van der Waals surface area (Å²) in [5, 5.41) is 16.3. The molecule has 0 aromatic carbocycles. The fraction of sp³-hybridized carbons (Fsp3) is 0.833. The summed E-state index contributed by atoms with van der Waals surface area (Å²) in [4.78, 5) is 34.1. The van der Waals surface area contributed by atoms with Crippen LogP contribution in [-0.4, -0.2) is 92.4 Å². The van der Waals surface area contributed by atoms with Gasteiger partial charge in [-0.1, -0.05) is 32.1 Å². The maximum Gasteiger partial charge on any atom is 0.436 e. The van der Waals surface area contributed by atoms with Crippen LogP contribution in [-0.2, 0) is 14.3 Å². The summed E-state index contributed by atoms with van der Waals surface area (Å²) in [6, 6.07) is 1.78. The van der Waals surface area contributed by atoms with Crippen LogP contribution < -0.4 is 10.6 Å². The molecule has 0 bridgehead atoms. The van der Waals surface area contributed by atoms with Crippen LogP contribution in [0.15, 0.2) is 4.99 Å². The number of likely N-dealkylation sites (tertiary alicyclic amines) is 1. The van der Waals surface area contributed by atoms with Crippen LogP contribution in [0.4, 0.5) is 4.79 Å². The smallest absolute Gasteiger partial charge is 0.436 e. The lowest BCUT2D eigenvalue weighted by molar-refractivity contribution is -0.125. The minimum atomic E-state index is -0.868. The van der Waals surface area contributed by atoms with Gasteiger partial charge in [0.1, 0.15) is 11.6 Å². The second-order valence-corrected chi connectivity index (χ2v) is 9.66. The van der Waals surface area contributed by atoms with Gasteiger partial charge in [0.05, 0.1) is 25.9 Å². The molecule has 0 aromatic rings. The lowest BCUT2D eigenvalue weighted by Crippen LogP contribution is -2.60. The van der Waals surface area contributed by atoms with E-state index in [0.717, 1.165) is 25.9 Å². The number of guanidine groups is 1. The summed E-state index contributed by atoms with van der Waals surface area (Å²) in [7, 11) is 2.02. The highest BCUT2D eigenvalue weighted by atomic mass is 16.5. The van der Waals surface area contributed by atoms with Crippen molar-refractivity contribution in [2.45, 2.75) is 69.9 Å². The van der Waals surface area contributed by atoms with Gasteiger partial charge in [-0.2, -0.15) is 5.26 Å². The number of carbonyl (C=O) groups excluding carboxylic acids is 2. The number of piperidine rings is 1. The topological polar surface area (TPSA) is 119 Å². The Morgan fingerprint density at radius 2 is 1.85 bits per heavy atom. The van der Waals surface area contributed by atoms with Crippen molar-refractivity contribution < 1.29 is 19.1 Å². The van der Waals surface area contributed by atoms with E-state index >= 15 is 0 Å². The van der Waals surface area contributed by atoms with E-state index in [1.54, 1.807) is 6.92 Å². The number of morpholine rings is 1. The van der Waals surface area contributed by atoms with E-state index in [1.807, 2.05) is 11.9 Å². The molecule has 2 N–H and O–H groups in total. The Balaban J connectivity index is 1.80. The molecule has 1 saturated carbocycles. The first-order valence-corrected chi connectivity index (χ1v) is 12.7. The van der Waals surface area contributed by atoms with Crippen molar-refractivity contribution in [3.63, 3.8) is 0 Å². The first-order valence-electron chi connectivity index (χ1n) is 12.7. The minimum Gasteiger partial charge on any atom is -0.448 e. The van der Waals surface area contributed by atoms with E-state index in [-0.39, 0.29) is 12.5 Å². The molecule has 1 atom stereocenters. The zero-order valence-corrected chi connectivity index (χ0v) is 20.7. The van der Waals surface area contributed by atoms with Gasteiger partial charge in [-0.05, 0) is 39.2 Å². The molecular formula is C24H40N6O4. The number of hydrogen-bond donors (Lipinski definition) is 2. The molecule has 0 radical (unpaired) electrons. The lowest BCUT2D eigenvalue weighted by atomic mass is 9.84. The van der Waals surface area contributed by atoms with Crippen LogP contribution in [0.25, 0.3) is 0 Å². The quantitative estimate of drug-likeness (QED) is 0.440. The summed E-state index contributed by atoms with van der Waals surface area (Å²) in [6.45, 7) is 5.66. The molecular weight excluding hydrogens is 436 g/mol. The highest BCUT2D eigenvalue weighted by Crippen LogP contribution is 2.28. The van der Waals surface area contributed by atoms with Gasteiger partial charge in [0.2, 0.25) is 11.9 Å². The highest BCUT2D eigenvalue weighted by molar-refractivity contribution is 5.94. The molecule has 2 heterocycles. The molecule has 1 unspecified atom stereocenters. The van der Waals surface area contributed by atoms with E-state index < -0.39 is 17.7 Å². The number of amides is 2. The Hall–Kier alpha value is -2.38. The maximum atomic E-state index is 13.6. The summed E-state index contributed by atoms with van der Waals surface area (Å²) in [5.74, 6) is 0.551. The minimum absolute atomic E-state index is 0.207. The Morgan fingerprint density at radius 3 is 2.47 bits per heavy atom. The number of ether oxygens (including phenoxy) is 2. The first-order chi connectivity index (χ1) is 16.4. The van der Waals surface area contributed by atoms with Crippen molar-refractivity contribution >= 4 is 18.0 Å². The Morgan fingerprint density at radius 1 is 1.18 bits per heavy atom. The van der Waals surface area contributed by atoms with E-state index in [2.05, 4.69) is 26.6 Å². The van der Waals surface area contributed by atoms with Gasteiger partial charge in [-0.3, -0.25) is 4.79 Å². The van der Waals surface area contributed by atoms with Gasteiger partial charge in [-0.25, -0.2) is 4.79 Å². The SMILES string of the molecule is CCOC(=O)N=C(NC(CC1CCCCC1)C(=O)NC1(C#N)CCN(C)CC1)N1CCOCC1. The Bertz CT molecular complexity index is 747. The van der Waals surface area contributed by atoms with Gasteiger partial charge in [0.25, 0.3) is 0 Å². The zero-order chi connectivity index (χ0) is 24.4. The van der Waals surface area contributed by atoms with E-state index in [1.165, 1.54) is 19.3 Å². The molecule has 2 amide bonds. The maximum absolute atomic E-state index is 13.6. The van der Waals surface area contributed by atoms with E-state index in [0.29, 0.717) is 57.4 Å². The van der Waals surface area contributed by atoms with Gasteiger partial charge < -0.3 is 29.9 Å². The number of nitrogens with zero attached hydrogens (tertiary/aromatic N) is 4. The van der Waals surface area contributed by atoms with Crippen molar-refractivity contribution in [3.8, 4) is 6.07 Å². The average molecular weight is 477 g/mol. The third-order valence-corrected chi connectivity index (χ3v) is 7.11. The molecule has 2 saturated heterocycles. The third kappa shape index (κ3) is 7.57. The molecule has 1 aliphatic carbocycles. The summed E-state index contributed by atoms with van der Waals surface area (Å²) < 4.78 is 10.5. The highest BCUT2D eigenvalue weighted by Gasteiger charge is 2.38. The van der Waals surface area contributed by atoms with Crippen molar-refractivity contribution in [3.05, 3.63) is 0 Å². The lowest BCUT2D eigenvalue weighted by Gasteiger charge is -2.38. The number of nitrogens with one attached hydrogen (secondary N) is 2. The normalized spacial score (nSPS) is 23.0. The van der Waals surface area contributed by atoms with Crippen molar-refractivity contribution in [2.75, 3.05) is 53.0 Å². The molecule has 0 spiro atoms. The second-order valence-electron chi connectivity index (χ2n) is 9.66. The van der Waals surface area contributed by atoms with Crippen LogP contribution in [0.1, 0.15) is 58.3 Å². The van der Waals surface area contributed by atoms with Crippen LogP contribution in [0.5, 0.6) is 0 Å². The average Bonchev–Trinajstić information content (AvgIpc) is 2.86. The number of rotatable bonds is 6. The van der Waals surface area contributed by atoms with Crippen molar-refractivity contribution in [1.82, 2.24) is 20.4 Å². The fourth-order valence-electron chi connectivity index (χ4n) is 4.94. The number of nitriles is 1. The molecule has 34 heavy (non-hydrogen) atoms. The molecule has 10 nitrogen and oxygen atoms in total. The monoisotopic (exact) mass is 476 g/mol. The molecule has 190 valence electrons. The van der Waals surface area contributed by atoms with E-state index in [9.17, 15) is 14.9 Å². The van der Waals surface area contributed by atoms with Crippen LogP contribution in [0.3, 0.4) is 0 Å². The van der Waals surface area contributed by atoms with Gasteiger partial charge in [0.15, 0.2) is 0 Å². The largest absolute Gasteiger partial charge is 0.448 e. The molecule has 0 aromatic heterocycles. The van der Waals surface area contributed by atoms with Gasteiger partial charge in [0, 0.05) is 26.2 Å². The molecule has 3 aliphatic rings. The molecule has 3 rings (SSSR count). The summed E-state index contributed by atoms with van der Waals surface area (Å²) in [6.07, 6.45) is 6.88. The predicted molar refractivity (Wildman–Crippen MR) is 128 cm³/mol. The predicted octanol–water partition coefficient (Wildman–Crippen LogP) is 1.86. The van der Waals surface area contributed by atoms with Crippen LogP contribution >= 0.6 is 0 Å². The standard InChI is InChI=1S/C24H40N6O4/c1-3-34-23(32)27-22(30-13-15-33-16-14-30)26-20(17-19-7-5-4-6-8-19)21(31)28-24(18-25)9-11-29(2)12-10-24/h19-20H,3-17H2,1-2H3,(H,28,31)(H,26,27,32). The summed E-state index contributed by atoms with van der Waals surface area (Å²) in [5.41, 5.74) is -0.868. The number of aliphatic imine (C=N–C) groups is 1. The first kappa shape index (κ1) is 26.2. The number of carbonyl (C=O) groups is 2. The van der Waals surface area contributed by atoms with Gasteiger partial charge in [-0.15, -0.1) is 4.99 Å². The third-order valence-electron chi connectivity index (χ3n) is 7.11. The van der Waals surface area contributed by atoms with Crippen molar-refractivity contribution in [2.24, 2.45) is 10.9 Å². The second kappa shape index (κ2) is 12.9. The molecule has 10 heteroatoms. The van der Waals surface area contributed by atoms with Crippen LogP contribution in [0, 0.1) is 17.2 Å². The Labute approximate surface area is 203 Å². The van der Waals surface area contributed by atoms with Gasteiger partial charge >= 0.3 is 6.09 Å². The number of hydrogen-bond acceptors (Lipinski definition) is 6. The van der Waals surface area contributed by atoms with Crippen molar-refractivity contribution in [1.29, 1.82) is 5.26 Å². The molecule has 3 fully saturated rings. The van der Waals surface area contributed by atoms with E-state index in [4.69, 9.17) is 9.47 Å². The fourth-order valence-corrected chi connectivity index (χ4v) is 4.94.